The monoisotopic (exact) mass is 493 g/mol. The van der Waals surface area contributed by atoms with Gasteiger partial charge in [0, 0.05) is 22.5 Å². The van der Waals surface area contributed by atoms with Crippen molar-refractivity contribution in [2.45, 2.75) is 31.0 Å². The Hall–Kier alpha value is -3.70. The number of anilines is 1. The second-order valence-electron chi connectivity index (χ2n) is 8.27. The van der Waals surface area contributed by atoms with E-state index >= 15 is 0 Å². The van der Waals surface area contributed by atoms with Crippen LogP contribution in [0.5, 0.6) is 0 Å². The van der Waals surface area contributed by atoms with Gasteiger partial charge in [-0.15, -0.1) is 10.2 Å². The lowest BCUT2D eigenvalue weighted by atomic mass is 10.1. The van der Waals surface area contributed by atoms with Crippen LogP contribution in [0.1, 0.15) is 45.8 Å². The van der Waals surface area contributed by atoms with Crippen LogP contribution in [-0.2, 0) is 11.3 Å². The van der Waals surface area contributed by atoms with Crippen molar-refractivity contribution in [3.05, 3.63) is 65.5 Å². The molecule has 0 bridgehead atoms. The van der Waals surface area contributed by atoms with Gasteiger partial charge >= 0.3 is 0 Å². The standard InChI is InChI=1S/C24H27N7O3S/c25-22(33)16-11-17(23(26)34)13-18(12-16)27-21(32)15-35-24-29-28-20(14-30-9-5-2-6-10-30)31(24)19-7-3-1-4-8-19/h1,3-4,7-8,11-13H,2,5-6,9-10,14-15H2,(H2,25,33)(H2,26,34)(H,27,32). The third-order valence-electron chi connectivity index (χ3n) is 5.65. The summed E-state index contributed by atoms with van der Waals surface area (Å²) < 4.78 is 1.98. The highest BCUT2D eigenvalue weighted by molar-refractivity contribution is 7.99. The second kappa shape index (κ2) is 11.2. The normalized spacial score (nSPS) is 13.9. The smallest absolute Gasteiger partial charge is 0.248 e. The number of rotatable bonds is 9. The van der Waals surface area contributed by atoms with Gasteiger partial charge < -0.3 is 16.8 Å². The highest BCUT2D eigenvalue weighted by atomic mass is 32.2. The summed E-state index contributed by atoms with van der Waals surface area (Å²) >= 11 is 1.25. The summed E-state index contributed by atoms with van der Waals surface area (Å²) in [6.45, 7) is 2.75. The minimum absolute atomic E-state index is 0.0430. The van der Waals surface area contributed by atoms with Gasteiger partial charge in [-0.3, -0.25) is 23.9 Å². The minimum Gasteiger partial charge on any atom is -0.366 e. The average molecular weight is 494 g/mol. The Morgan fingerprint density at radius 2 is 1.57 bits per heavy atom. The molecule has 0 unspecified atom stereocenters. The molecule has 0 saturated carbocycles. The molecule has 0 aliphatic carbocycles. The first-order valence-corrected chi connectivity index (χ1v) is 12.3. The summed E-state index contributed by atoms with van der Waals surface area (Å²) in [5, 5.41) is 12.1. The zero-order chi connectivity index (χ0) is 24.8. The van der Waals surface area contributed by atoms with Crippen molar-refractivity contribution in [1.29, 1.82) is 0 Å². The van der Waals surface area contributed by atoms with Crippen molar-refractivity contribution in [2.24, 2.45) is 11.5 Å². The Morgan fingerprint density at radius 3 is 2.20 bits per heavy atom. The van der Waals surface area contributed by atoms with Gasteiger partial charge in [-0.1, -0.05) is 36.4 Å². The molecule has 11 heteroatoms. The van der Waals surface area contributed by atoms with Crippen molar-refractivity contribution in [2.75, 3.05) is 24.2 Å². The number of hydrogen-bond donors (Lipinski definition) is 3. The van der Waals surface area contributed by atoms with Gasteiger partial charge in [-0.2, -0.15) is 0 Å². The Labute approximate surface area is 207 Å². The quantitative estimate of drug-likeness (QED) is 0.387. The van der Waals surface area contributed by atoms with E-state index in [-0.39, 0.29) is 28.5 Å². The van der Waals surface area contributed by atoms with Gasteiger partial charge in [0.25, 0.3) is 0 Å². The van der Waals surface area contributed by atoms with E-state index in [1.807, 2.05) is 34.9 Å². The summed E-state index contributed by atoms with van der Waals surface area (Å²) in [4.78, 5) is 38.2. The fourth-order valence-corrected chi connectivity index (χ4v) is 4.73. The molecule has 1 fully saturated rings. The van der Waals surface area contributed by atoms with Gasteiger partial charge in [0.1, 0.15) is 0 Å². The number of nitrogens with two attached hydrogens (primary N) is 2. The molecule has 35 heavy (non-hydrogen) atoms. The molecule has 1 aliphatic heterocycles. The van der Waals surface area contributed by atoms with Crippen LogP contribution in [0.3, 0.4) is 0 Å². The number of likely N-dealkylation sites (tertiary alicyclic amines) is 1. The molecule has 10 nitrogen and oxygen atoms in total. The predicted molar refractivity (Wildman–Crippen MR) is 133 cm³/mol. The minimum atomic E-state index is -0.727. The number of thioether (sulfide) groups is 1. The van der Waals surface area contributed by atoms with Crippen LogP contribution in [0.25, 0.3) is 5.69 Å². The average Bonchev–Trinajstić information content (AvgIpc) is 3.26. The first-order valence-electron chi connectivity index (χ1n) is 11.3. The number of primary amides is 2. The number of benzene rings is 2. The molecule has 1 aromatic heterocycles. The topological polar surface area (TPSA) is 149 Å². The first kappa shape index (κ1) is 24.4. The zero-order valence-corrected chi connectivity index (χ0v) is 20.0. The largest absolute Gasteiger partial charge is 0.366 e. The van der Waals surface area contributed by atoms with E-state index in [0.717, 1.165) is 24.6 Å². The second-order valence-corrected chi connectivity index (χ2v) is 9.21. The maximum atomic E-state index is 12.7. The molecule has 5 N–H and O–H groups in total. The highest BCUT2D eigenvalue weighted by Crippen LogP contribution is 2.24. The third-order valence-corrected chi connectivity index (χ3v) is 6.58. The molecule has 2 aromatic carbocycles. The number of hydrogen-bond acceptors (Lipinski definition) is 7. The molecule has 3 amide bonds. The van der Waals surface area contributed by atoms with E-state index in [1.165, 1.54) is 49.2 Å². The number of carbonyl (C=O) groups is 3. The maximum absolute atomic E-state index is 12.7. The van der Waals surface area contributed by atoms with E-state index in [2.05, 4.69) is 20.4 Å². The van der Waals surface area contributed by atoms with Crippen LogP contribution < -0.4 is 16.8 Å². The molecular formula is C24H27N7O3S. The summed E-state index contributed by atoms with van der Waals surface area (Å²) in [6.07, 6.45) is 3.60. The number of carbonyl (C=O) groups excluding carboxylic acids is 3. The summed E-state index contributed by atoms with van der Waals surface area (Å²) in [5.41, 5.74) is 12.0. The van der Waals surface area contributed by atoms with Crippen molar-refractivity contribution in [3.63, 3.8) is 0 Å². The van der Waals surface area contributed by atoms with E-state index in [4.69, 9.17) is 11.5 Å². The third kappa shape index (κ3) is 6.25. The first-order chi connectivity index (χ1) is 16.9. The number of aromatic nitrogens is 3. The number of piperidine rings is 1. The molecule has 3 aromatic rings. The molecule has 0 atom stereocenters. The molecule has 182 valence electrons. The maximum Gasteiger partial charge on any atom is 0.248 e. The Kier molecular flexibility index (Phi) is 7.78. The molecule has 1 aliphatic rings. The van der Waals surface area contributed by atoms with Crippen molar-refractivity contribution in [3.8, 4) is 5.69 Å². The lowest BCUT2D eigenvalue weighted by molar-refractivity contribution is -0.113. The fourth-order valence-electron chi connectivity index (χ4n) is 3.96. The van der Waals surface area contributed by atoms with Crippen LogP contribution in [0.4, 0.5) is 5.69 Å². The van der Waals surface area contributed by atoms with E-state index < -0.39 is 11.8 Å². The van der Waals surface area contributed by atoms with E-state index in [0.29, 0.717) is 11.7 Å². The van der Waals surface area contributed by atoms with Crippen LogP contribution in [0, 0.1) is 0 Å². The molecule has 0 radical (unpaired) electrons. The lowest BCUT2D eigenvalue weighted by Gasteiger charge is -2.26. The Bertz CT molecular complexity index is 1190. The Morgan fingerprint density at radius 1 is 0.914 bits per heavy atom. The molecule has 0 spiro atoms. The van der Waals surface area contributed by atoms with Gasteiger partial charge in [0.15, 0.2) is 11.0 Å². The van der Waals surface area contributed by atoms with Crippen LogP contribution in [-0.4, -0.2) is 56.2 Å². The number of nitrogens with zero attached hydrogens (tertiary/aromatic N) is 4. The highest BCUT2D eigenvalue weighted by Gasteiger charge is 2.20. The number of amides is 3. The van der Waals surface area contributed by atoms with Crippen molar-refractivity contribution < 1.29 is 14.4 Å². The van der Waals surface area contributed by atoms with Gasteiger partial charge in [0.05, 0.1) is 12.3 Å². The zero-order valence-electron chi connectivity index (χ0n) is 19.1. The van der Waals surface area contributed by atoms with Gasteiger partial charge in [-0.25, -0.2) is 0 Å². The van der Waals surface area contributed by atoms with Crippen LogP contribution in [0.15, 0.2) is 53.7 Å². The van der Waals surface area contributed by atoms with Gasteiger partial charge in [0.2, 0.25) is 17.7 Å². The number of nitrogens with one attached hydrogen (secondary N) is 1. The fraction of sp³-hybridized carbons (Fsp3) is 0.292. The molecular weight excluding hydrogens is 466 g/mol. The van der Waals surface area contributed by atoms with E-state index in [1.54, 1.807) is 0 Å². The molecule has 4 rings (SSSR count). The van der Waals surface area contributed by atoms with Gasteiger partial charge in [-0.05, 0) is 56.3 Å². The molecule has 1 saturated heterocycles. The Balaban J connectivity index is 1.50. The predicted octanol–water partition coefficient (Wildman–Crippen LogP) is 2.18. The summed E-state index contributed by atoms with van der Waals surface area (Å²) in [6, 6.07) is 13.9. The van der Waals surface area contributed by atoms with Crippen molar-refractivity contribution >= 4 is 35.2 Å². The number of para-hydroxylation sites is 1. The summed E-state index contributed by atoms with van der Waals surface area (Å²) in [5.74, 6) is -0.930. The summed E-state index contributed by atoms with van der Waals surface area (Å²) in [7, 11) is 0. The lowest BCUT2D eigenvalue weighted by Crippen LogP contribution is -2.30. The van der Waals surface area contributed by atoms with Crippen LogP contribution in [0.2, 0.25) is 0 Å². The van der Waals surface area contributed by atoms with Crippen molar-refractivity contribution in [1.82, 2.24) is 19.7 Å². The van der Waals surface area contributed by atoms with Crippen LogP contribution >= 0.6 is 11.8 Å². The van der Waals surface area contributed by atoms with E-state index in [9.17, 15) is 14.4 Å². The SMILES string of the molecule is NC(=O)c1cc(NC(=O)CSc2nnc(CN3CCCCC3)n2-c2ccccc2)cc(C(N)=O)c1. The molecule has 2 heterocycles.